The Bertz CT molecular complexity index is 1110. The summed E-state index contributed by atoms with van der Waals surface area (Å²) in [5.41, 5.74) is 8.53. The molecule has 1 unspecified atom stereocenters. The van der Waals surface area contributed by atoms with Gasteiger partial charge < -0.3 is 15.2 Å². The molecule has 3 aliphatic heterocycles. The van der Waals surface area contributed by atoms with Gasteiger partial charge in [0.05, 0.1) is 0 Å². The van der Waals surface area contributed by atoms with Crippen molar-refractivity contribution in [3.05, 3.63) is 95.2 Å². The van der Waals surface area contributed by atoms with Gasteiger partial charge >= 0.3 is 11.9 Å². The molecule has 33 heavy (non-hydrogen) atoms. The van der Waals surface area contributed by atoms with Gasteiger partial charge in [0.2, 0.25) is 5.91 Å². The van der Waals surface area contributed by atoms with E-state index >= 15 is 0 Å². The summed E-state index contributed by atoms with van der Waals surface area (Å²) in [5, 5.41) is -0.308. The SMILES string of the molecule is N[C@@H]1C(=O)N2C(C(=O)OC(c3ccccc3)c3ccccc3)=C(CC3C=CC(=O)O3)CS[C@@H]12. The zero-order chi connectivity index (χ0) is 22.9. The first kappa shape index (κ1) is 21.5. The number of hydrogen-bond acceptors (Lipinski definition) is 7. The molecule has 0 aromatic heterocycles. The van der Waals surface area contributed by atoms with Crippen LogP contribution in [0.3, 0.4) is 0 Å². The van der Waals surface area contributed by atoms with Gasteiger partial charge in [0.15, 0.2) is 6.10 Å². The van der Waals surface area contributed by atoms with Crippen molar-refractivity contribution in [2.75, 3.05) is 5.75 Å². The number of carbonyl (C=O) groups is 3. The van der Waals surface area contributed by atoms with Gasteiger partial charge in [-0.05, 0) is 22.8 Å². The fourth-order valence-electron chi connectivity index (χ4n) is 4.24. The molecule has 168 valence electrons. The number of nitrogens with zero attached hydrogens (tertiary/aromatic N) is 1. The molecule has 2 aromatic rings. The Hall–Kier alpha value is -3.36. The number of carbonyl (C=O) groups excluding carboxylic acids is 3. The molecular weight excluding hydrogens is 440 g/mol. The summed E-state index contributed by atoms with van der Waals surface area (Å²) in [6, 6.07) is 18.3. The predicted molar refractivity (Wildman–Crippen MR) is 123 cm³/mol. The first-order valence-corrected chi connectivity index (χ1v) is 11.7. The first-order valence-electron chi connectivity index (χ1n) is 10.6. The van der Waals surface area contributed by atoms with Crippen molar-refractivity contribution in [2.24, 2.45) is 5.73 Å². The zero-order valence-corrected chi connectivity index (χ0v) is 18.4. The second-order valence-corrected chi connectivity index (χ2v) is 9.14. The van der Waals surface area contributed by atoms with Crippen LogP contribution < -0.4 is 5.73 Å². The van der Waals surface area contributed by atoms with Crippen molar-refractivity contribution in [3.63, 3.8) is 0 Å². The second-order valence-electron chi connectivity index (χ2n) is 8.03. The van der Waals surface area contributed by atoms with Crippen molar-refractivity contribution in [2.45, 2.75) is 30.0 Å². The summed E-state index contributed by atoms with van der Waals surface area (Å²) < 4.78 is 11.3. The molecule has 3 atom stereocenters. The first-order chi connectivity index (χ1) is 16.0. The van der Waals surface area contributed by atoms with Gasteiger partial charge in [-0.2, -0.15) is 0 Å². The smallest absolute Gasteiger partial charge is 0.356 e. The minimum absolute atomic E-state index is 0.207. The average molecular weight is 463 g/mol. The molecule has 0 bridgehead atoms. The number of ether oxygens (including phenoxy) is 2. The molecule has 2 N–H and O–H groups in total. The van der Waals surface area contributed by atoms with E-state index in [1.165, 1.54) is 22.7 Å². The molecule has 0 saturated carbocycles. The molecule has 8 heteroatoms. The molecule has 1 amide bonds. The van der Waals surface area contributed by atoms with Crippen LogP contribution in [0.4, 0.5) is 0 Å². The number of rotatable bonds is 6. The van der Waals surface area contributed by atoms with Crippen LogP contribution in [0.15, 0.2) is 84.1 Å². The van der Waals surface area contributed by atoms with Crippen LogP contribution in [0.5, 0.6) is 0 Å². The fraction of sp³-hybridized carbons (Fsp3) is 0.240. The average Bonchev–Trinajstić information content (AvgIpc) is 3.27. The lowest BCUT2D eigenvalue weighted by atomic mass is 9.99. The summed E-state index contributed by atoms with van der Waals surface area (Å²) in [4.78, 5) is 39.1. The van der Waals surface area contributed by atoms with Crippen LogP contribution in [0.1, 0.15) is 23.7 Å². The second kappa shape index (κ2) is 8.88. The Morgan fingerprint density at radius 2 is 1.73 bits per heavy atom. The van der Waals surface area contributed by atoms with E-state index in [0.717, 1.165) is 11.1 Å². The monoisotopic (exact) mass is 462 g/mol. The molecule has 1 fully saturated rings. The zero-order valence-electron chi connectivity index (χ0n) is 17.6. The predicted octanol–water partition coefficient (Wildman–Crippen LogP) is 2.69. The van der Waals surface area contributed by atoms with Gasteiger partial charge in [0.1, 0.15) is 23.2 Å². The molecule has 3 aliphatic rings. The molecule has 2 aromatic carbocycles. The lowest BCUT2D eigenvalue weighted by molar-refractivity contribution is -0.153. The Labute approximate surface area is 195 Å². The maximum atomic E-state index is 13.6. The number of amides is 1. The highest BCUT2D eigenvalue weighted by Gasteiger charge is 2.52. The minimum Gasteiger partial charge on any atom is -0.455 e. The topological polar surface area (TPSA) is 98.9 Å². The Kier molecular flexibility index (Phi) is 5.78. The normalized spacial score (nSPS) is 23.9. The number of benzene rings is 2. The van der Waals surface area contributed by atoms with Crippen LogP contribution in [-0.4, -0.2) is 46.0 Å². The third-order valence-corrected chi connectivity index (χ3v) is 7.23. The number of β-lactam (4-membered cyclic amide) rings is 1. The highest BCUT2D eigenvalue weighted by atomic mass is 32.2. The van der Waals surface area contributed by atoms with E-state index < -0.39 is 30.2 Å². The number of cyclic esters (lactones) is 1. The van der Waals surface area contributed by atoms with E-state index in [-0.39, 0.29) is 17.0 Å². The van der Waals surface area contributed by atoms with Crippen LogP contribution in [0.2, 0.25) is 0 Å². The minimum atomic E-state index is -0.650. The van der Waals surface area contributed by atoms with Gasteiger partial charge in [0.25, 0.3) is 0 Å². The summed E-state index contributed by atoms with van der Waals surface area (Å²) >= 11 is 1.50. The largest absolute Gasteiger partial charge is 0.455 e. The van der Waals surface area contributed by atoms with Crippen molar-refractivity contribution in [1.82, 2.24) is 4.90 Å². The Morgan fingerprint density at radius 1 is 1.09 bits per heavy atom. The maximum Gasteiger partial charge on any atom is 0.356 e. The number of hydrogen-bond donors (Lipinski definition) is 1. The summed E-state index contributed by atoms with van der Waals surface area (Å²) in [5.74, 6) is -0.829. The highest BCUT2D eigenvalue weighted by Crippen LogP contribution is 2.42. The van der Waals surface area contributed by atoms with Crippen molar-refractivity contribution in [1.29, 1.82) is 0 Å². The van der Waals surface area contributed by atoms with E-state index in [0.29, 0.717) is 17.7 Å². The van der Waals surface area contributed by atoms with Crippen molar-refractivity contribution in [3.8, 4) is 0 Å². The molecule has 7 nitrogen and oxygen atoms in total. The lowest BCUT2D eigenvalue weighted by Crippen LogP contribution is -2.68. The number of esters is 2. The molecule has 1 saturated heterocycles. The number of fused-ring (bicyclic) bond motifs is 1. The number of nitrogens with two attached hydrogens (primary N) is 1. The van der Waals surface area contributed by atoms with E-state index in [1.54, 1.807) is 6.08 Å². The number of thioether (sulfide) groups is 1. The molecule has 0 radical (unpaired) electrons. The summed E-state index contributed by atoms with van der Waals surface area (Å²) in [6.07, 6.45) is 2.22. The van der Waals surface area contributed by atoms with Crippen LogP contribution in [0.25, 0.3) is 0 Å². The van der Waals surface area contributed by atoms with Crippen molar-refractivity contribution >= 4 is 29.6 Å². The fourth-order valence-corrected chi connectivity index (χ4v) is 5.55. The van der Waals surface area contributed by atoms with Crippen LogP contribution >= 0.6 is 11.8 Å². The van der Waals surface area contributed by atoms with Gasteiger partial charge in [0, 0.05) is 18.2 Å². The van der Waals surface area contributed by atoms with E-state index in [1.807, 2.05) is 60.7 Å². The molecule has 0 spiro atoms. The van der Waals surface area contributed by atoms with Crippen molar-refractivity contribution < 1.29 is 23.9 Å². The third-order valence-electron chi connectivity index (χ3n) is 5.87. The van der Waals surface area contributed by atoms with Crippen LogP contribution in [0, 0.1) is 0 Å². The van der Waals surface area contributed by atoms with Crippen LogP contribution in [-0.2, 0) is 23.9 Å². The Balaban J connectivity index is 1.49. The highest BCUT2D eigenvalue weighted by molar-refractivity contribution is 8.00. The molecular formula is C25H22N2O5S. The standard InChI is InChI=1S/C25H22N2O5S/c26-20-23(29)27-21(17(14-33-24(20)27)13-18-11-12-19(28)31-18)25(30)32-22(15-7-3-1-4-8-15)16-9-5-2-6-10-16/h1-12,18,20,22,24H,13-14,26H2/t18?,20-,24+/m1/s1. The van der Waals surface area contributed by atoms with Gasteiger partial charge in [-0.1, -0.05) is 60.7 Å². The third kappa shape index (κ3) is 4.07. The van der Waals surface area contributed by atoms with E-state index in [9.17, 15) is 14.4 Å². The van der Waals surface area contributed by atoms with E-state index in [4.69, 9.17) is 15.2 Å². The molecule has 3 heterocycles. The Morgan fingerprint density at radius 3 is 2.30 bits per heavy atom. The van der Waals surface area contributed by atoms with Gasteiger partial charge in [-0.25, -0.2) is 9.59 Å². The quantitative estimate of drug-likeness (QED) is 0.521. The van der Waals surface area contributed by atoms with Gasteiger partial charge in [-0.15, -0.1) is 11.8 Å². The lowest BCUT2D eigenvalue weighted by Gasteiger charge is -2.48. The van der Waals surface area contributed by atoms with Gasteiger partial charge in [-0.3, -0.25) is 9.69 Å². The maximum absolute atomic E-state index is 13.6. The van der Waals surface area contributed by atoms with E-state index in [2.05, 4.69) is 0 Å². The molecule has 0 aliphatic carbocycles. The summed E-state index contributed by atoms with van der Waals surface area (Å²) in [7, 11) is 0. The summed E-state index contributed by atoms with van der Waals surface area (Å²) in [6.45, 7) is 0. The molecule has 5 rings (SSSR count).